The highest BCUT2D eigenvalue weighted by atomic mass is 32.2. The Bertz CT molecular complexity index is 941. The van der Waals surface area contributed by atoms with E-state index in [0.29, 0.717) is 17.5 Å². The lowest BCUT2D eigenvalue weighted by molar-refractivity contribution is -0.120. The first-order valence-corrected chi connectivity index (χ1v) is 9.57. The van der Waals surface area contributed by atoms with E-state index in [2.05, 4.69) is 27.1 Å². The van der Waals surface area contributed by atoms with Gasteiger partial charge < -0.3 is 10.1 Å². The summed E-state index contributed by atoms with van der Waals surface area (Å²) < 4.78 is 7.18. The maximum atomic E-state index is 12.3. The van der Waals surface area contributed by atoms with E-state index in [1.54, 1.807) is 25.6 Å². The number of ether oxygens (including phenoxy) is 1. The van der Waals surface area contributed by atoms with E-state index >= 15 is 0 Å². The monoisotopic (exact) mass is 395 g/mol. The fourth-order valence-electron chi connectivity index (χ4n) is 2.53. The third kappa shape index (κ3) is 4.40. The van der Waals surface area contributed by atoms with Crippen LogP contribution in [0.5, 0.6) is 5.75 Å². The van der Waals surface area contributed by atoms with Crippen molar-refractivity contribution in [3.05, 3.63) is 61.4 Å². The molecule has 0 fully saturated rings. The van der Waals surface area contributed by atoms with Gasteiger partial charge >= 0.3 is 0 Å². The molecule has 28 heavy (non-hydrogen) atoms. The van der Waals surface area contributed by atoms with Crippen molar-refractivity contribution in [3.8, 4) is 22.8 Å². The lowest BCUT2D eigenvalue weighted by Gasteiger charge is -2.14. The van der Waals surface area contributed by atoms with E-state index in [0.717, 1.165) is 17.0 Å². The highest BCUT2D eigenvalue weighted by molar-refractivity contribution is 8.00. The van der Waals surface area contributed by atoms with E-state index in [9.17, 15) is 4.79 Å². The smallest absolute Gasteiger partial charge is 0.233 e. The van der Waals surface area contributed by atoms with E-state index in [-0.39, 0.29) is 11.2 Å². The molecule has 144 valence electrons. The van der Waals surface area contributed by atoms with Crippen LogP contribution in [-0.2, 0) is 4.79 Å². The number of carbonyl (C=O) groups excluding carboxylic acids is 1. The molecule has 0 aliphatic heterocycles. The molecule has 0 radical (unpaired) electrons. The summed E-state index contributed by atoms with van der Waals surface area (Å²) in [5.41, 5.74) is 1.76. The number of rotatable bonds is 8. The summed E-state index contributed by atoms with van der Waals surface area (Å²) in [6.45, 7) is 5.88. The third-order valence-corrected chi connectivity index (χ3v) is 5.02. The number of nitrogens with one attached hydrogen (secondary N) is 1. The van der Waals surface area contributed by atoms with Crippen molar-refractivity contribution in [1.82, 2.24) is 25.1 Å². The SMILES string of the molecule is C=CCNC(=O)C(C)Sc1nnc(-c2ccncc2)n1-c1ccc(OC)cc1. The number of carbonyl (C=O) groups is 1. The van der Waals surface area contributed by atoms with Crippen molar-refractivity contribution in [2.45, 2.75) is 17.3 Å². The molecule has 3 aromatic rings. The van der Waals surface area contributed by atoms with Gasteiger partial charge in [0.2, 0.25) is 5.91 Å². The zero-order valence-corrected chi connectivity index (χ0v) is 16.5. The van der Waals surface area contributed by atoms with Crippen LogP contribution in [0.4, 0.5) is 0 Å². The molecule has 0 saturated heterocycles. The number of nitrogens with zero attached hydrogens (tertiary/aromatic N) is 4. The molecule has 0 bridgehead atoms. The molecule has 1 amide bonds. The topological polar surface area (TPSA) is 81.9 Å². The summed E-state index contributed by atoms with van der Waals surface area (Å²) in [6.07, 6.45) is 5.07. The lowest BCUT2D eigenvalue weighted by atomic mass is 10.2. The molecule has 1 atom stereocenters. The number of methoxy groups -OCH3 is 1. The average molecular weight is 395 g/mol. The Labute approximate surface area is 167 Å². The normalized spacial score (nSPS) is 11.6. The summed E-state index contributed by atoms with van der Waals surface area (Å²) in [4.78, 5) is 16.3. The number of hydrogen-bond acceptors (Lipinski definition) is 6. The van der Waals surface area contributed by atoms with Crippen molar-refractivity contribution in [1.29, 1.82) is 0 Å². The molecule has 1 unspecified atom stereocenters. The summed E-state index contributed by atoms with van der Waals surface area (Å²) >= 11 is 1.35. The van der Waals surface area contributed by atoms with Crippen LogP contribution < -0.4 is 10.1 Å². The van der Waals surface area contributed by atoms with E-state index < -0.39 is 0 Å². The fourth-order valence-corrected chi connectivity index (χ4v) is 3.42. The number of benzene rings is 1. The van der Waals surface area contributed by atoms with Crippen LogP contribution in [0.1, 0.15) is 6.92 Å². The van der Waals surface area contributed by atoms with Gasteiger partial charge in [-0.05, 0) is 43.3 Å². The van der Waals surface area contributed by atoms with Gasteiger partial charge in [-0.3, -0.25) is 14.3 Å². The molecule has 0 aliphatic carbocycles. The van der Waals surface area contributed by atoms with E-state index in [1.807, 2.05) is 47.9 Å². The fraction of sp³-hybridized carbons (Fsp3) is 0.200. The minimum Gasteiger partial charge on any atom is -0.497 e. The van der Waals surface area contributed by atoms with Crippen LogP contribution in [0.2, 0.25) is 0 Å². The zero-order chi connectivity index (χ0) is 19.9. The predicted molar refractivity (Wildman–Crippen MR) is 110 cm³/mol. The number of aromatic nitrogens is 4. The Morgan fingerprint density at radius 3 is 2.61 bits per heavy atom. The van der Waals surface area contributed by atoms with Crippen LogP contribution in [-0.4, -0.2) is 44.6 Å². The Kier molecular flexibility index (Phi) is 6.44. The van der Waals surface area contributed by atoms with Gasteiger partial charge in [-0.1, -0.05) is 17.8 Å². The van der Waals surface area contributed by atoms with Crippen molar-refractivity contribution >= 4 is 17.7 Å². The minimum absolute atomic E-state index is 0.0837. The third-order valence-electron chi connectivity index (χ3n) is 3.97. The Hall–Kier alpha value is -3.13. The van der Waals surface area contributed by atoms with Crippen molar-refractivity contribution in [2.75, 3.05) is 13.7 Å². The molecule has 2 heterocycles. The summed E-state index contributed by atoms with van der Waals surface area (Å²) in [7, 11) is 1.63. The quantitative estimate of drug-likeness (QED) is 0.466. The Morgan fingerprint density at radius 2 is 1.96 bits per heavy atom. The number of thioether (sulfide) groups is 1. The number of amides is 1. The first-order valence-electron chi connectivity index (χ1n) is 8.69. The second kappa shape index (κ2) is 9.18. The van der Waals surface area contributed by atoms with Gasteiger partial charge in [0.25, 0.3) is 0 Å². The van der Waals surface area contributed by atoms with Crippen LogP contribution in [0.15, 0.2) is 66.6 Å². The molecule has 0 aliphatic rings. The molecule has 0 saturated carbocycles. The molecule has 1 N–H and O–H groups in total. The van der Waals surface area contributed by atoms with Gasteiger partial charge in [0.05, 0.1) is 12.4 Å². The lowest BCUT2D eigenvalue weighted by Crippen LogP contribution is -2.31. The molecule has 7 nitrogen and oxygen atoms in total. The van der Waals surface area contributed by atoms with E-state index in [4.69, 9.17) is 4.74 Å². The minimum atomic E-state index is -0.341. The second-order valence-corrected chi connectivity index (χ2v) is 7.18. The Balaban J connectivity index is 1.99. The summed E-state index contributed by atoms with van der Waals surface area (Å²) in [5.74, 6) is 1.35. The maximum absolute atomic E-state index is 12.3. The van der Waals surface area contributed by atoms with Gasteiger partial charge in [0.15, 0.2) is 11.0 Å². The maximum Gasteiger partial charge on any atom is 0.233 e. The molecule has 2 aromatic heterocycles. The largest absolute Gasteiger partial charge is 0.497 e. The first kappa shape index (κ1) is 19.6. The van der Waals surface area contributed by atoms with Crippen LogP contribution >= 0.6 is 11.8 Å². The molecular weight excluding hydrogens is 374 g/mol. The zero-order valence-electron chi connectivity index (χ0n) is 15.7. The highest BCUT2D eigenvalue weighted by Gasteiger charge is 2.21. The van der Waals surface area contributed by atoms with Crippen LogP contribution in [0.3, 0.4) is 0 Å². The molecule has 0 spiro atoms. The van der Waals surface area contributed by atoms with Gasteiger partial charge in [-0.15, -0.1) is 16.8 Å². The number of hydrogen-bond donors (Lipinski definition) is 1. The molecule has 1 aromatic carbocycles. The first-order chi connectivity index (χ1) is 13.6. The summed E-state index contributed by atoms with van der Waals surface area (Å²) in [5, 5.41) is 11.8. The van der Waals surface area contributed by atoms with Gasteiger partial charge in [0.1, 0.15) is 5.75 Å². The molecule has 3 rings (SSSR count). The number of pyridine rings is 1. The van der Waals surface area contributed by atoms with Crippen LogP contribution in [0, 0.1) is 0 Å². The molecule has 8 heteroatoms. The Morgan fingerprint density at radius 1 is 1.25 bits per heavy atom. The van der Waals surface area contributed by atoms with Crippen LogP contribution in [0.25, 0.3) is 17.1 Å². The summed E-state index contributed by atoms with van der Waals surface area (Å²) in [6, 6.07) is 11.4. The average Bonchev–Trinajstić information content (AvgIpc) is 3.16. The molecular formula is C20H21N5O2S. The standard InChI is InChI=1S/C20H21N5O2S/c1-4-11-22-19(26)14(2)28-20-24-23-18(15-9-12-21-13-10-15)25(20)16-5-7-17(27-3)8-6-16/h4-10,12-14H,1,11H2,2-3H3,(H,22,26). The predicted octanol–water partition coefficient (Wildman–Crippen LogP) is 3.12. The van der Waals surface area contributed by atoms with Gasteiger partial charge in [0, 0.05) is 30.2 Å². The van der Waals surface area contributed by atoms with Crippen molar-refractivity contribution in [2.24, 2.45) is 0 Å². The van der Waals surface area contributed by atoms with E-state index in [1.165, 1.54) is 11.8 Å². The van der Waals surface area contributed by atoms with Gasteiger partial charge in [-0.25, -0.2) is 0 Å². The second-order valence-electron chi connectivity index (χ2n) is 5.87. The highest BCUT2D eigenvalue weighted by Crippen LogP contribution is 2.30. The van der Waals surface area contributed by atoms with Gasteiger partial charge in [-0.2, -0.15) is 0 Å². The van der Waals surface area contributed by atoms with Crippen molar-refractivity contribution < 1.29 is 9.53 Å². The van der Waals surface area contributed by atoms with Crippen molar-refractivity contribution in [3.63, 3.8) is 0 Å².